The topological polar surface area (TPSA) is 131 Å². The van der Waals surface area contributed by atoms with Crippen molar-refractivity contribution in [2.45, 2.75) is 0 Å². The molecule has 4 aromatic rings. The van der Waals surface area contributed by atoms with Gasteiger partial charge in [-0.25, -0.2) is 10.4 Å². The maximum atomic E-state index is 12.9. The normalized spacial score (nSPS) is 11.0. The van der Waals surface area contributed by atoms with Crippen LogP contribution >= 0.6 is 11.6 Å². The molecule has 0 radical (unpaired) electrons. The second-order valence-electron chi connectivity index (χ2n) is 6.63. The van der Waals surface area contributed by atoms with E-state index >= 15 is 0 Å². The quantitative estimate of drug-likeness (QED) is 0.266. The Hall–Kier alpha value is -4.37. The summed E-state index contributed by atoms with van der Waals surface area (Å²) in [5, 5.41) is 25.6. The van der Waals surface area contributed by atoms with Crippen LogP contribution in [0, 0.1) is 10.1 Å². The van der Waals surface area contributed by atoms with Crippen LogP contribution in [0.15, 0.2) is 72.1 Å². The molecule has 2 aromatic heterocycles. The summed E-state index contributed by atoms with van der Waals surface area (Å²) in [5.41, 5.74) is 4.05. The van der Waals surface area contributed by atoms with E-state index in [2.05, 4.69) is 20.5 Å². The Morgan fingerprint density at radius 3 is 2.75 bits per heavy atom. The Morgan fingerprint density at radius 1 is 1.19 bits per heavy atom. The monoisotopic (exact) mass is 447 g/mol. The Kier molecular flexibility index (Phi) is 5.73. The first-order chi connectivity index (χ1) is 15.4. The number of phenols is 1. The molecule has 4 rings (SSSR count). The van der Waals surface area contributed by atoms with E-state index < -0.39 is 22.3 Å². The average Bonchev–Trinajstić information content (AvgIpc) is 2.80. The first kappa shape index (κ1) is 20.9. The molecular formula is C22H14ClN5O4. The van der Waals surface area contributed by atoms with Gasteiger partial charge < -0.3 is 5.11 Å². The summed E-state index contributed by atoms with van der Waals surface area (Å²) in [6.45, 7) is 0. The number of hydrazone groups is 1. The highest BCUT2D eigenvalue weighted by Gasteiger charge is 2.18. The van der Waals surface area contributed by atoms with Crippen molar-refractivity contribution in [3.05, 3.63) is 93.3 Å². The summed E-state index contributed by atoms with van der Waals surface area (Å²) < 4.78 is 0. The molecule has 2 N–H and O–H groups in total. The van der Waals surface area contributed by atoms with Crippen LogP contribution < -0.4 is 5.43 Å². The van der Waals surface area contributed by atoms with Crippen molar-refractivity contribution in [2.24, 2.45) is 5.10 Å². The summed E-state index contributed by atoms with van der Waals surface area (Å²) in [6, 6.07) is 14.7. The number of aromatic nitrogens is 2. The number of nitro benzene ring substituents is 1. The highest BCUT2D eigenvalue weighted by Crippen LogP contribution is 2.32. The maximum absolute atomic E-state index is 12.9. The number of nitro groups is 1. The van der Waals surface area contributed by atoms with E-state index in [0.717, 1.165) is 17.8 Å². The van der Waals surface area contributed by atoms with Crippen LogP contribution in [0.1, 0.15) is 15.9 Å². The van der Waals surface area contributed by atoms with E-state index in [1.165, 1.54) is 6.07 Å². The molecule has 0 saturated carbocycles. The summed E-state index contributed by atoms with van der Waals surface area (Å²) >= 11 is 5.87. The molecule has 0 bridgehead atoms. The Balaban J connectivity index is 1.67. The molecule has 0 aliphatic rings. The molecule has 10 heteroatoms. The molecule has 0 aliphatic carbocycles. The fourth-order valence-corrected chi connectivity index (χ4v) is 3.31. The molecule has 0 spiro atoms. The van der Waals surface area contributed by atoms with Crippen molar-refractivity contribution in [2.75, 3.05) is 0 Å². The smallest absolute Gasteiger partial charge is 0.312 e. The number of para-hydroxylation sites is 1. The van der Waals surface area contributed by atoms with E-state index in [9.17, 15) is 20.0 Å². The molecule has 2 aromatic carbocycles. The highest BCUT2D eigenvalue weighted by atomic mass is 35.5. The lowest BCUT2D eigenvalue weighted by atomic mass is 10.0. The van der Waals surface area contributed by atoms with E-state index in [-0.39, 0.29) is 10.6 Å². The zero-order valence-electron chi connectivity index (χ0n) is 16.3. The molecule has 0 unspecified atom stereocenters. The number of nitrogens with one attached hydrogen (secondary N) is 1. The van der Waals surface area contributed by atoms with Gasteiger partial charge in [0.15, 0.2) is 0 Å². The molecule has 9 nitrogen and oxygen atoms in total. The van der Waals surface area contributed by atoms with Crippen LogP contribution in [0.5, 0.6) is 5.75 Å². The third kappa shape index (κ3) is 4.23. The number of carbonyl (C=O) groups excluding carboxylic acids is 1. The molecule has 1 amide bonds. The third-order valence-electron chi connectivity index (χ3n) is 4.57. The van der Waals surface area contributed by atoms with Gasteiger partial charge in [0.05, 0.1) is 27.9 Å². The van der Waals surface area contributed by atoms with Crippen LogP contribution in [0.4, 0.5) is 5.69 Å². The van der Waals surface area contributed by atoms with Gasteiger partial charge in [-0.2, -0.15) is 5.10 Å². The Labute approximate surface area is 186 Å². The second-order valence-corrected chi connectivity index (χ2v) is 7.07. The zero-order valence-corrected chi connectivity index (χ0v) is 17.0. The Morgan fingerprint density at radius 2 is 2.00 bits per heavy atom. The van der Waals surface area contributed by atoms with E-state index in [0.29, 0.717) is 22.2 Å². The van der Waals surface area contributed by atoms with E-state index in [1.54, 1.807) is 42.7 Å². The van der Waals surface area contributed by atoms with E-state index in [4.69, 9.17) is 11.6 Å². The summed E-state index contributed by atoms with van der Waals surface area (Å²) in [5.74, 6) is -1.13. The fraction of sp³-hybridized carbons (Fsp3) is 0. The van der Waals surface area contributed by atoms with Crippen LogP contribution in [0.3, 0.4) is 0 Å². The first-order valence-electron chi connectivity index (χ1n) is 9.24. The van der Waals surface area contributed by atoms with Gasteiger partial charge in [-0.1, -0.05) is 29.8 Å². The van der Waals surface area contributed by atoms with Crippen molar-refractivity contribution < 1.29 is 14.8 Å². The molecule has 2 heterocycles. The van der Waals surface area contributed by atoms with Gasteiger partial charge in [0.2, 0.25) is 5.75 Å². The van der Waals surface area contributed by atoms with Gasteiger partial charge in [0.25, 0.3) is 5.91 Å². The van der Waals surface area contributed by atoms with Gasteiger partial charge in [-0.3, -0.25) is 19.9 Å². The molecule has 158 valence electrons. The lowest BCUT2D eigenvalue weighted by molar-refractivity contribution is -0.385. The number of nitrogens with zero attached hydrogens (tertiary/aromatic N) is 4. The highest BCUT2D eigenvalue weighted by molar-refractivity contribution is 6.31. The number of pyridine rings is 2. The number of aromatic hydroxyl groups is 1. The van der Waals surface area contributed by atoms with Crippen LogP contribution in [-0.2, 0) is 0 Å². The lowest BCUT2D eigenvalue weighted by Gasteiger charge is -2.09. The number of hydrogen-bond donors (Lipinski definition) is 2. The van der Waals surface area contributed by atoms with Crippen LogP contribution in [0.25, 0.3) is 22.2 Å². The predicted molar refractivity (Wildman–Crippen MR) is 120 cm³/mol. The van der Waals surface area contributed by atoms with Gasteiger partial charge >= 0.3 is 5.69 Å². The van der Waals surface area contributed by atoms with Crippen LogP contribution in [0.2, 0.25) is 5.02 Å². The van der Waals surface area contributed by atoms with Crippen molar-refractivity contribution in [3.8, 4) is 17.0 Å². The number of phenolic OH excluding ortho intramolecular Hbond substituents is 1. The SMILES string of the molecule is O=C(NN=Cc1cc(Cl)cc([N+](=O)[O-])c1O)c1cc(-c2cccnc2)nc2ccccc12. The standard InChI is InChI=1S/C22H14ClN5O4/c23-15-8-14(21(29)20(9-15)28(31)32)12-25-27-22(30)17-10-19(13-4-3-7-24-11-13)26-18-6-2-1-5-16(17)18/h1-12,29H,(H,27,30). The maximum Gasteiger partial charge on any atom is 0.312 e. The first-order valence-corrected chi connectivity index (χ1v) is 9.62. The molecule has 0 aliphatic heterocycles. The van der Waals surface area contributed by atoms with Gasteiger partial charge in [0.1, 0.15) is 0 Å². The second kappa shape index (κ2) is 8.78. The summed E-state index contributed by atoms with van der Waals surface area (Å²) in [7, 11) is 0. The number of benzene rings is 2. The molecule has 0 fully saturated rings. The number of hydrogen-bond acceptors (Lipinski definition) is 7. The summed E-state index contributed by atoms with van der Waals surface area (Å²) in [6.07, 6.45) is 4.37. The minimum absolute atomic E-state index is 0.0138. The number of halogens is 1. The average molecular weight is 448 g/mol. The summed E-state index contributed by atoms with van der Waals surface area (Å²) in [4.78, 5) is 31.8. The molecule has 0 atom stereocenters. The molecular weight excluding hydrogens is 434 g/mol. The van der Waals surface area contributed by atoms with Crippen molar-refractivity contribution in [1.82, 2.24) is 15.4 Å². The minimum atomic E-state index is -0.764. The van der Waals surface area contributed by atoms with Crippen LogP contribution in [-0.4, -0.2) is 32.1 Å². The Bertz CT molecular complexity index is 1380. The molecule has 32 heavy (non-hydrogen) atoms. The van der Waals surface area contributed by atoms with Gasteiger partial charge in [-0.05, 0) is 30.3 Å². The lowest BCUT2D eigenvalue weighted by Crippen LogP contribution is -2.18. The fourth-order valence-electron chi connectivity index (χ4n) is 3.09. The number of fused-ring (bicyclic) bond motifs is 1. The van der Waals surface area contributed by atoms with E-state index in [1.807, 2.05) is 12.1 Å². The van der Waals surface area contributed by atoms with Crippen molar-refractivity contribution >= 4 is 40.3 Å². The van der Waals surface area contributed by atoms with Crippen molar-refractivity contribution in [1.29, 1.82) is 0 Å². The largest absolute Gasteiger partial charge is 0.502 e. The van der Waals surface area contributed by atoms with Gasteiger partial charge in [-0.15, -0.1) is 0 Å². The number of carbonyl (C=O) groups is 1. The third-order valence-corrected chi connectivity index (χ3v) is 4.79. The zero-order chi connectivity index (χ0) is 22.7. The number of rotatable bonds is 5. The minimum Gasteiger partial charge on any atom is -0.502 e. The van der Waals surface area contributed by atoms with Crippen molar-refractivity contribution in [3.63, 3.8) is 0 Å². The number of amides is 1. The molecule has 0 saturated heterocycles. The van der Waals surface area contributed by atoms with Gasteiger partial charge in [0, 0.05) is 40.0 Å². The predicted octanol–water partition coefficient (Wildman–Crippen LogP) is 4.33.